The average Bonchev–Trinajstić information content (AvgIpc) is 2.51. The minimum absolute atomic E-state index is 0.0158. The molecule has 2 rings (SSSR count). The Morgan fingerprint density at radius 2 is 1.91 bits per heavy atom. The van der Waals surface area contributed by atoms with E-state index in [-0.39, 0.29) is 17.6 Å². The Kier molecular flexibility index (Phi) is 5.34. The van der Waals surface area contributed by atoms with Crippen molar-refractivity contribution in [1.29, 1.82) is 0 Å². The summed E-state index contributed by atoms with van der Waals surface area (Å²) < 4.78 is 0. The summed E-state index contributed by atoms with van der Waals surface area (Å²) in [4.78, 5) is 28.3. The summed E-state index contributed by atoms with van der Waals surface area (Å²) >= 11 is 6.04. The molecule has 120 valence electrons. The van der Waals surface area contributed by atoms with Crippen LogP contribution in [0.5, 0.6) is 0 Å². The Morgan fingerprint density at radius 1 is 1.17 bits per heavy atom. The van der Waals surface area contributed by atoms with Gasteiger partial charge in [-0.25, -0.2) is 0 Å². The molecule has 5 nitrogen and oxygen atoms in total. The monoisotopic (exact) mass is 331 g/mol. The normalized spacial score (nSPS) is 10.5. The van der Waals surface area contributed by atoms with E-state index in [1.54, 1.807) is 24.3 Å². The molecule has 1 aromatic carbocycles. The van der Waals surface area contributed by atoms with E-state index in [1.807, 2.05) is 20.8 Å². The average molecular weight is 332 g/mol. The maximum atomic E-state index is 12.3. The van der Waals surface area contributed by atoms with Crippen molar-refractivity contribution < 1.29 is 9.59 Å². The summed E-state index contributed by atoms with van der Waals surface area (Å²) in [5.41, 5.74) is 1.94. The third kappa shape index (κ3) is 4.29. The highest BCUT2D eigenvalue weighted by Crippen LogP contribution is 2.23. The SMILES string of the molecule is Cc1c(Cl)cccc1NC(=O)c1cc(C(=O)NC(C)C)ccn1. The fourth-order valence-corrected chi connectivity index (χ4v) is 2.15. The van der Waals surface area contributed by atoms with Gasteiger partial charge in [0, 0.05) is 28.5 Å². The molecule has 6 heteroatoms. The van der Waals surface area contributed by atoms with E-state index in [9.17, 15) is 9.59 Å². The maximum Gasteiger partial charge on any atom is 0.274 e. The van der Waals surface area contributed by atoms with E-state index in [0.717, 1.165) is 5.56 Å². The lowest BCUT2D eigenvalue weighted by molar-refractivity contribution is 0.0943. The van der Waals surface area contributed by atoms with Gasteiger partial charge in [-0.3, -0.25) is 14.6 Å². The van der Waals surface area contributed by atoms with Crippen molar-refractivity contribution in [2.24, 2.45) is 0 Å². The Hall–Kier alpha value is -2.40. The van der Waals surface area contributed by atoms with Gasteiger partial charge in [-0.15, -0.1) is 0 Å². The molecule has 23 heavy (non-hydrogen) atoms. The van der Waals surface area contributed by atoms with E-state index in [4.69, 9.17) is 11.6 Å². The van der Waals surface area contributed by atoms with Crippen LogP contribution in [0.1, 0.15) is 40.3 Å². The third-order valence-corrected chi connectivity index (χ3v) is 3.60. The third-order valence-electron chi connectivity index (χ3n) is 3.19. The summed E-state index contributed by atoms with van der Waals surface area (Å²) in [6.07, 6.45) is 1.44. The van der Waals surface area contributed by atoms with Gasteiger partial charge in [-0.1, -0.05) is 17.7 Å². The number of benzene rings is 1. The van der Waals surface area contributed by atoms with Crippen molar-refractivity contribution in [2.75, 3.05) is 5.32 Å². The molecular formula is C17H18ClN3O2. The number of nitrogens with one attached hydrogen (secondary N) is 2. The first-order valence-corrected chi connectivity index (χ1v) is 7.59. The lowest BCUT2D eigenvalue weighted by atomic mass is 10.1. The molecule has 2 N–H and O–H groups in total. The lowest BCUT2D eigenvalue weighted by Gasteiger charge is -2.11. The van der Waals surface area contributed by atoms with Crippen LogP contribution in [0.15, 0.2) is 36.5 Å². The van der Waals surface area contributed by atoms with E-state index in [2.05, 4.69) is 15.6 Å². The van der Waals surface area contributed by atoms with Gasteiger partial charge < -0.3 is 10.6 Å². The Morgan fingerprint density at radius 3 is 2.61 bits per heavy atom. The number of carbonyl (C=O) groups is 2. The van der Waals surface area contributed by atoms with Gasteiger partial charge in [0.1, 0.15) is 5.69 Å². The summed E-state index contributed by atoms with van der Waals surface area (Å²) in [6, 6.07) is 8.31. The van der Waals surface area contributed by atoms with Crippen LogP contribution in [0.2, 0.25) is 5.02 Å². The minimum atomic E-state index is -0.394. The van der Waals surface area contributed by atoms with Crippen LogP contribution >= 0.6 is 11.6 Å². The van der Waals surface area contributed by atoms with Gasteiger partial charge >= 0.3 is 0 Å². The number of anilines is 1. The largest absolute Gasteiger partial charge is 0.350 e. The number of hydrogen-bond acceptors (Lipinski definition) is 3. The Bertz CT molecular complexity index is 744. The molecule has 0 aliphatic rings. The lowest BCUT2D eigenvalue weighted by Crippen LogP contribution is -2.30. The fourth-order valence-electron chi connectivity index (χ4n) is 1.97. The number of aromatic nitrogens is 1. The van der Waals surface area contributed by atoms with Crippen molar-refractivity contribution >= 4 is 29.1 Å². The van der Waals surface area contributed by atoms with Crippen molar-refractivity contribution in [3.8, 4) is 0 Å². The van der Waals surface area contributed by atoms with Gasteiger partial charge in [0.25, 0.3) is 11.8 Å². The van der Waals surface area contributed by atoms with Crippen molar-refractivity contribution in [2.45, 2.75) is 26.8 Å². The first-order chi connectivity index (χ1) is 10.9. The first-order valence-electron chi connectivity index (χ1n) is 7.22. The summed E-state index contributed by atoms with van der Waals surface area (Å²) in [5, 5.41) is 6.10. The van der Waals surface area contributed by atoms with E-state index >= 15 is 0 Å². The van der Waals surface area contributed by atoms with Crippen molar-refractivity contribution in [1.82, 2.24) is 10.3 Å². The second kappa shape index (κ2) is 7.24. The topological polar surface area (TPSA) is 71.1 Å². The second-order valence-corrected chi connectivity index (χ2v) is 5.83. The molecule has 0 unspecified atom stereocenters. The number of hydrogen-bond donors (Lipinski definition) is 2. The molecule has 0 radical (unpaired) electrons. The molecule has 0 atom stereocenters. The molecule has 0 saturated carbocycles. The Labute approximate surface area is 140 Å². The predicted octanol–water partition coefficient (Wildman–Crippen LogP) is 3.43. The molecule has 0 aliphatic heterocycles. The molecule has 0 spiro atoms. The van der Waals surface area contributed by atoms with Crippen molar-refractivity contribution in [3.05, 3.63) is 58.4 Å². The number of amides is 2. The Balaban J connectivity index is 2.20. The highest BCUT2D eigenvalue weighted by molar-refractivity contribution is 6.31. The molecule has 0 aliphatic carbocycles. The van der Waals surface area contributed by atoms with E-state index < -0.39 is 5.91 Å². The van der Waals surface area contributed by atoms with Gasteiger partial charge in [0.2, 0.25) is 0 Å². The zero-order chi connectivity index (χ0) is 17.0. The zero-order valence-corrected chi connectivity index (χ0v) is 13.9. The van der Waals surface area contributed by atoms with Crippen LogP contribution in [0.3, 0.4) is 0 Å². The van der Waals surface area contributed by atoms with Gasteiger partial charge in [0.05, 0.1) is 0 Å². The highest BCUT2D eigenvalue weighted by Gasteiger charge is 2.14. The summed E-state index contributed by atoms with van der Waals surface area (Å²) in [7, 11) is 0. The van der Waals surface area contributed by atoms with Gasteiger partial charge in [-0.05, 0) is 50.6 Å². The molecule has 2 amide bonds. The molecule has 0 saturated heterocycles. The second-order valence-electron chi connectivity index (χ2n) is 5.42. The number of rotatable bonds is 4. The van der Waals surface area contributed by atoms with Crippen LogP contribution in [0, 0.1) is 6.92 Å². The summed E-state index contributed by atoms with van der Waals surface area (Å²) in [6.45, 7) is 5.56. The molecular weight excluding hydrogens is 314 g/mol. The predicted molar refractivity (Wildman–Crippen MR) is 91.0 cm³/mol. The van der Waals surface area contributed by atoms with Crippen LogP contribution in [0.25, 0.3) is 0 Å². The fraction of sp³-hybridized carbons (Fsp3) is 0.235. The van der Waals surface area contributed by atoms with Gasteiger partial charge in [-0.2, -0.15) is 0 Å². The molecule has 0 bridgehead atoms. The quantitative estimate of drug-likeness (QED) is 0.901. The molecule has 1 heterocycles. The number of pyridine rings is 1. The highest BCUT2D eigenvalue weighted by atomic mass is 35.5. The number of nitrogens with zero attached hydrogens (tertiary/aromatic N) is 1. The maximum absolute atomic E-state index is 12.3. The van der Waals surface area contributed by atoms with Crippen molar-refractivity contribution in [3.63, 3.8) is 0 Å². The van der Waals surface area contributed by atoms with Crippen LogP contribution in [0.4, 0.5) is 5.69 Å². The summed E-state index contributed by atoms with van der Waals surface area (Å²) in [5.74, 6) is -0.634. The molecule has 2 aromatic rings. The molecule has 1 aromatic heterocycles. The molecule has 0 fully saturated rings. The minimum Gasteiger partial charge on any atom is -0.350 e. The van der Waals surface area contributed by atoms with Crippen LogP contribution < -0.4 is 10.6 Å². The number of carbonyl (C=O) groups excluding carboxylic acids is 2. The number of halogens is 1. The zero-order valence-electron chi connectivity index (χ0n) is 13.2. The first kappa shape index (κ1) is 17.0. The van der Waals surface area contributed by atoms with Gasteiger partial charge in [0.15, 0.2) is 0 Å². The van der Waals surface area contributed by atoms with Crippen LogP contribution in [-0.4, -0.2) is 22.8 Å². The van der Waals surface area contributed by atoms with E-state index in [0.29, 0.717) is 16.3 Å². The van der Waals surface area contributed by atoms with E-state index in [1.165, 1.54) is 12.3 Å². The van der Waals surface area contributed by atoms with Crippen LogP contribution in [-0.2, 0) is 0 Å². The smallest absolute Gasteiger partial charge is 0.274 e. The standard InChI is InChI=1S/C17H18ClN3O2/c1-10(2)20-16(22)12-7-8-19-15(9-12)17(23)21-14-6-4-5-13(18)11(14)3/h4-10H,1-3H3,(H,20,22)(H,21,23).